The van der Waals surface area contributed by atoms with Crippen molar-refractivity contribution in [1.29, 1.82) is 0 Å². The number of benzene rings is 2. The molecule has 0 aliphatic rings. The van der Waals surface area contributed by atoms with Gasteiger partial charge in [0.25, 0.3) is 0 Å². The van der Waals surface area contributed by atoms with Crippen molar-refractivity contribution >= 4 is 11.9 Å². The van der Waals surface area contributed by atoms with Gasteiger partial charge in [0.15, 0.2) is 11.6 Å². The maximum absolute atomic E-state index is 5.36. The lowest BCUT2D eigenvalue weighted by atomic mass is 10.2. The van der Waals surface area contributed by atoms with Crippen LogP contribution in [0.2, 0.25) is 0 Å². The number of nitrogens with two attached hydrogens (primary N) is 2. The quantitative estimate of drug-likeness (QED) is 0.446. The molecule has 0 amide bonds. The molecule has 0 bridgehead atoms. The number of hydrogen-bond acceptors (Lipinski definition) is 6. The van der Waals surface area contributed by atoms with Gasteiger partial charge in [0, 0.05) is 11.1 Å². The minimum atomic E-state index is 0.272. The monoisotopic (exact) mass is 320 g/mol. The molecule has 120 valence electrons. The van der Waals surface area contributed by atoms with Crippen LogP contribution in [0.15, 0.2) is 60.7 Å². The second kappa shape index (κ2) is 7.05. The van der Waals surface area contributed by atoms with E-state index < -0.39 is 0 Å². The topological polar surface area (TPSA) is 135 Å². The van der Waals surface area contributed by atoms with E-state index in [2.05, 4.69) is 30.4 Å². The molecule has 0 radical (unpaired) electrons. The van der Waals surface area contributed by atoms with Gasteiger partial charge in [-0.25, -0.2) is 0 Å². The number of nitrogens with one attached hydrogen (secondary N) is 2. The standard InChI is InChI=1S/2C8H8N4/c2*9-8-10-7(11-12-8)6-4-2-1-3-5-6/h2*1-5H,(H3,9,10,11,12). The molecule has 8 heteroatoms. The first-order valence-electron chi connectivity index (χ1n) is 7.19. The number of hydrogen-bond donors (Lipinski definition) is 4. The van der Waals surface area contributed by atoms with Gasteiger partial charge in [-0.3, -0.25) is 10.2 Å². The van der Waals surface area contributed by atoms with E-state index in [0.717, 1.165) is 11.1 Å². The maximum Gasteiger partial charge on any atom is 0.239 e. The highest BCUT2D eigenvalue weighted by atomic mass is 15.3. The zero-order chi connectivity index (χ0) is 16.8. The molecule has 6 N–H and O–H groups in total. The molecule has 24 heavy (non-hydrogen) atoms. The van der Waals surface area contributed by atoms with Gasteiger partial charge in [-0.2, -0.15) is 9.97 Å². The number of anilines is 2. The molecule has 0 unspecified atom stereocenters. The lowest BCUT2D eigenvalue weighted by molar-refractivity contribution is 1.10. The minimum absolute atomic E-state index is 0.272. The second-order valence-electron chi connectivity index (χ2n) is 4.82. The smallest absolute Gasteiger partial charge is 0.239 e. The van der Waals surface area contributed by atoms with Crippen LogP contribution in [-0.4, -0.2) is 30.4 Å². The van der Waals surface area contributed by atoms with Crippen LogP contribution >= 0.6 is 0 Å². The Hall–Kier alpha value is -3.68. The Kier molecular flexibility index (Phi) is 4.47. The van der Waals surface area contributed by atoms with Gasteiger partial charge in [0.1, 0.15) is 0 Å². The molecule has 2 heterocycles. The van der Waals surface area contributed by atoms with Crippen molar-refractivity contribution in [1.82, 2.24) is 30.4 Å². The molecule has 4 rings (SSSR count). The molecule has 2 aromatic heterocycles. The van der Waals surface area contributed by atoms with Crippen LogP contribution in [0, 0.1) is 0 Å². The van der Waals surface area contributed by atoms with E-state index in [1.807, 2.05) is 60.7 Å². The van der Waals surface area contributed by atoms with E-state index in [9.17, 15) is 0 Å². The number of aromatic nitrogens is 6. The van der Waals surface area contributed by atoms with Crippen molar-refractivity contribution in [3.8, 4) is 22.8 Å². The van der Waals surface area contributed by atoms with E-state index >= 15 is 0 Å². The zero-order valence-electron chi connectivity index (χ0n) is 12.7. The Morgan fingerprint density at radius 3 is 1.25 bits per heavy atom. The van der Waals surface area contributed by atoms with Crippen LogP contribution in [-0.2, 0) is 0 Å². The van der Waals surface area contributed by atoms with Crippen LogP contribution in [0.1, 0.15) is 0 Å². The summed E-state index contributed by atoms with van der Waals surface area (Å²) in [6.07, 6.45) is 0. The highest BCUT2D eigenvalue weighted by Gasteiger charge is 2.01. The van der Waals surface area contributed by atoms with Gasteiger partial charge in [0.2, 0.25) is 11.9 Å². The Labute approximate surface area is 138 Å². The van der Waals surface area contributed by atoms with Crippen LogP contribution in [0.3, 0.4) is 0 Å². The lowest BCUT2D eigenvalue weighted by Gasteiger charge is -1.91. The number of H-pyrrole nitrogens is 2. The Balaban J connectivity index is 0.000000141. The third-order valence-electron chi connectivity index (χ3n) is 3.10. The molecule has 0 saturated carbocycles. The first kappa shape index (κ1) is 15.2. The van der Waals surface area contributed by atoms with Gasteiger partial charge in [-0.1, -0.05) is 60.7 Å². The van der Waals surface area contributed by atoms with E-state index in [1.165, 1.54) is 0 Å². The number of nitrogens with zero attached hydrogens (tertiary/aromatic N) is 4. The maximum atomic E-state index is 5.36. The molecule has 0 aliphatic heterocycles. The van der Waals surface area contributed by atoms with Crippen LogP contribution in [0.5, 0.6) is 0 Å². The fourth-order valence-corrected chi connectivity index (χ4v) is 2.00. The normalized spacial score (nSPS) is 10.0. The summed E-state index contributed by atoms with van der Waals surface area (Å²) in [5, 5.41) is 12.9. The molecule has 2 aromatic carbocycles. The SMILES string of the molecule is Nc1n[nH]c(-c2ccccc2)n1.Nc1n[nH]c(-c2ccccc2)n1. The molecule has 0 aliphatic carbocycles. The first-order valence-corrected chi connectivity index (χ1v) is 7.19. The van der Waals surface area contributed by atoms with Crippen molar-refractivity contribution < 1.29 is 0 Å². The van der Waals surface area contributed by atoms with Crippen molar-refractivity contribution in [2.75, 3.05) is 11.5 Å². The van der Waals surface area contributed by atoms with Crippen LogP contribution in [0.4, 0.5) is 11.9 Å². The number of aromatic amines is 2. The third kappa shape index (κ3) is 3.74. The van der Waals surface area contributed by atoms with Crippen molar-refractivity contribution in [3.05, 3.63) is 60.7 Å². The molecule has 0 atom stereocenters. The summed E-state index contributed by atoms with van der Waals surface area (Å²) in [7, 11) is 0. The highest BCUT2D eigenvalue weighted by Crippen LogP contribution is 2.14. The summed E-state index contributed by atoms with van der Waals surface area (Å²) in [5.41, 5.74) is 12.7. The predicted molar refractivity (Wildman–Crippen MR) is 92.5 cm³/mol. The summed E-state index contributed by atoms with van der Waals surface area (Å²) in [6.45, 7) is 0. The second-order valence-corrected chi connectivity index (χ2v) is 4.82. The highest BCUT2D eigenvalue weighted by molar-refractivity contribution is 5.55. The number of rotatable bonds is 2. The molecular weight excluding hydrogens is 304 g/mol. The summed E-state index contributed by atoms with van der Waals surface area (Å²) in [6, 6.07) is 19.4. The number of nitrogen functional groups attached to an aromatic ring is 2. The molecule has 0 saturated heterocycles. The predicted octanol–water partition coefficient (Wildman–Crippen LogP) is 2.11. The van der Waals surface area contributed by atoms with Gasteiger partial charge in [0.05, 0.1) is 0 Å². The lowest BCUT2D eigenvalue weighted by Crippen LogP contribution is -1.85. The van der Waals surface area contributed by atoms with Crippen molar-refractivity contribution in [3.63, 3.8) is 0 Å². The summed E-state index contributed by atoms with van der Waals surface area (Å²) < 4.78 is 0. The van der Waals surface area contributed by atoms with Crippen molar-refractivity contribution in [2.24, 2.45) is 0 Å². The van der Waals surface area contributed by atoms with Crippen LogP contribution < -0.4 is 11.5 Å². The molecule has 4 aromatic rings. The first-order chi connectivity index (χ1) is 11.7. The summed E-state index contributed by atoms with van der Waals surface area (Å²) in [5.74, 6) is 1.95. The van der Waals surface area contributed by atoms with Gasteiger partial charge in [-0.15, -0.1) is 10.2 Å². The Morgan fingerprint density at radius 2 is 0.958 bits per heavy atom. The average molecular weight is 320 g/mol. The Bertz CT molecular complexity index is 807. The van der Waals surface area contributed by atoms with Crippen molar-refractivity contribution in [2.45, 2.75) is 0 Å². The third-order valence-corrected chi connectivity index (χ3v) is 3.10. The van der Waals surface area contributed by atoms with Gasteiger partial charge >= 0.3 is 0 Å². The van der Waals surface area contributed by atoms with E-state index in [4.69, 9.17) is 11.5 Å². The minimum Gasteiger partial charge on any atom is -0.366 e. The Morgan fingerprint density at radius 1 is 0.583 bits per heavy atom. The molecule has 0 spiro atoms. The van der Waals surface area contributed by atoms with Gasteiger partial charge < -0.3 is 11.5 Å². The van der Waals surface area contributed by atoms with E-state index in [0.29, 0.717) is 11.6 Å². The molecule has 0 fully saturated rings. The van der Waals surface area contributed by atoms with E-state index in [-0.39, 0.29) is 11.9 Å². The van der Waals surface area contributed by atoms with E-state index in [1.54, 1.807) is 0 Å². The fourth-order valence-electron chi connectivity index (χ4n) is 2.00. The summed E-state index contributed by atoms with van der Waals surface area (Å²) in [4.78, 5) is 7.98. The zero-order valence-corrected chi connectivity index (χ0v) is 12.7. The molecular formula is C16H16N8. The fraction of sp³-hybridized carbons (Fsp3) is 0. The summed E-state index contributed by atoms with van der Waals surface area (Å²) >= 11 is 0. The largest absolute Gasteiger partial charge is 0.366 e. The molecule has 8 nitrogen and oxygen atoms in total. The average Bonchev–Trinajstić information content (AvgIpc) is 3.26. The van der Waals surface area contributed by atoms with Crippen LogP contribution in [0.25, 0.3) is 22.8 Å². The van der Waals surface area contributed by atoms with Gasteiger partial charge in [-0.05, 0) is 0 Å².